The van der Waals surface area contributed by atoms with E-state index in [0.29, 0.717) is 22.7 Å². The van der Waals surface area contributed by atoms with Gasteiger partial charge in [-0.1, -0.05) is 6.07 Å². The summed E-state index contributed by atoms with van der Waals surface area (Å²) in [7, 11) is 0. The minimum absolute atomic E-state index is 0.0763. The Kier molecular flexibility index (Phi) is 3.64. The van der Waals surface area contributed by atoms with Crippen molar-refractivity contribution in [1.29, 1.82) is 0 Å². The normalized spacial score (nSPS) is 17.5. The Morgan fingerprint density at radius 3 is 2.58 bits per heavy atom. The number of carbonyl (C=O) groups excluding carboxylic acids is 2. The summed E-state index contributed by atoms with van der Waals surface area (Å²) in [5.41, 5.74) is 3.97. The monoisotopic (exact) mass is 434 g/mol. The van der Waals surface area contributed by atoms with E-state index in [-0.39, 0.29) is 18.3 Å². The highest BCUT2D eigenvalue weighted by molar-refractivity contribution is 14.1. The van der Waals surface area contributed by atoms with Gasteiger partial charge in [0.15, 0.2) is 11.5 Å². The summed E-state index contributed by atoms with van der Waals surface area (Å²) in [6.07, 6.45) is 1.55. The minimum Gasteiger partial charge on any atom is -0.454 e. The van der Waals surface area contributed by atoms with Gasteiger partial charge in [0.1, 0.15) is 5.57 Å². The first-order valence-electron chi connectivity index (χ1n) is 7.14. The highest BCUT2D eigenvalue weighted by Gasteiger charge is 2.34. The Morgan fingerprint density at radius 2 is 1.79 bits per heavy atom. The van der Waals surface area contributed by atoms with Crippen LogP contribution in [0.1, 0.15) is 5.56 Å². The number of fused-ring (bicyclic) bond motifs is 1. The van der Waals surface area contributed by atoms with Gasteiger partial charge in [0, 0.05) is 3.57 Å². The number of ether oxygens (including phenoxy) is 2. The zero-order chi connectivity index (χ0) is 16.7. The lowest BCUT2D eigenvalue weighted by molar-refractivity contribution is -0.117. The minimum atomic E-state index is -0.434. The van der Waals surface area contributed by atoms with E-state index in [2.05, 4.69) is 28.0 Å². The molecule has 0 aromatic heterocycles. The molecule has 2 aromatic carbocycles. The summed E-state index contributed by atoms with van der Waals surface area (Å²) in [6, 6.07) is 12.6. The summed E-state index contributed by atoms with van der Waals surface area (Å²) in [5, 5.41) is 1.25. The van der Waals surface area contributed by atoms with Crippen molar-refractivity contribution in [3.63, 3.8) is 0 Å². The smallest absolute Gasteiger partial charge is 0.282 e. The second-order valence-corrected chi connectivity index (χ2v) is 6.47. The summed E-state index contributed by atoms with van der Waals surface area (Å²) in [4.78, 5) is 24.7. The van der Waals surface area contributed by atoms with Crippen LogP contribution in [0.2, 0.25) is 0 Å². The fourth-order valence-electron chi connectivity index (χ4n) is 2.50. The molecule has 0 aliphatic carbocycles. The molecule has 0 unspecified atom stereocenters. The maximum absolute atomic E-state index is 12.6. The van der Waals surface area contributed by atoms with Crippen LogP contribution in [0.4, 0.5) is 5.69 Å². The predicted octanol–water partition coefficient (Wildman–Crippen LogP) is 2.48. The van der Waals surface area contributed by atoms with Crippen molar-refractivity contribution < 1.29 is 19.1 Å². The van der Waals surface area contributed by atoms with Crippen molar-refractivity contribution in [3.8, 4) is 11.5 Å². The van der Waals surface area contributed by atoms with Gasteiger partial charge >= 0.3 is 0 Å². The average Bonchev–Trinajstić information content (AvgIpc) is 3.15. The molecule has 0 radical (unpaired) electrons. The van der Waals surface area contributed by atoms with Crippen molar-refractivity contribution in [1.82, 2.24) is 5.43 Å². The van der Waals surface area contributed by atoms with E-state index in [9.17, 15) is 9.59 Å². The third-order valence-electron chi connectivity index (χ3n) is 3.68. The Morgan fingerprint density at radius 1 is 1.04 bits per heavy atom. The third-order valence-corrected chi connectivity index (χ3v) is 4.40. The van der Waals surface area contributed by atoms with E-state index in [0.717, 1.165) is 3.57 Å². The maximum atomic E-state index is 12.6. The zero-order valence-electron chi connectivity index (χ0n) is 12.3. The molecule has 24 heavy (non-hydrogen) atoms. The molecule has 0 bridgehead atoms. The summed E-state index contributed by atoms with van der Waals surface area (Å²) in [6.45, 7) is 0.176. The fraction of sp³-hybridized carbons (Fsp3) is 0.0588. The van der Waals surface area contributed by atoms with Gasteiger partial charge in [0.2, 0.25) is 6.79 Å². The molecule has 120 valence electrons. The lowest BCUT2D eigenvalue weighted by atomic mass is 10.1. The van der Waals surface area contributed by atoms with Gasteiger partial charge in [-0.15, -0.1) is 0 Å². The van der Waals surface area contributed by atoms with Gasteiger partial charge in [-0.25, -0.2) is 5.01 Å². The van der Waals surface area contributed by atoms with Crippen molar-refractivity contribution in [2.45, 2.75) is 0 Å². The van der Waals surface area contributed by atoms with Crippen molar-refractivity contribution in [2.75, 3.05) is 11.8 Å². The van der Waals surface area contributed by atoms with Crippen LogP contribution in [0.5, 0.6) is 11.5 Å². The molecule has 6 nitrogen and oxygen atoms in total. The van der Waals surface area contributed by atoms with Gasteiger partial charge < -0.3 is 9.47 Å². The number of hydrogen-bond acceptors (Lipinski definition) is 4. The number of hydrogen-bond donors (Lipinski definition) is 1. The Labute approximate surface area is 151 Å². The second-order valence-electron chi connectivity index (χ2n) is 5.23. The van der Waals surface area contributed by atoms with Crippen LogP contribution in [0.3, 0.4) is 0 Å². The first-order valence-corrected chi connectivity index (χ1v) is 8.22. The van der Waals surface area contributed by atoms with Crippen LogP contribution in [0, 0.1) is 3.57 Å². The molecule has 2 aromatic rings. The highest BCUT2D eigenvalue weighted by atomic mass is 127. The molecule has 2 aliphatic heterocycles. The third kappa shape index (κ3) is 2.60. The van der Waals surface area contributed by atoms with Gasteiger partial charge in [-0.3, -0.25) is 15.0 Å². The van der Waals surface area contributed by atoms with E-state index in [1.54, 1.807) is 36.4 Å². The van der Waals surface area contributed by atoms with Gasteiger partial charge in [0.25, 0.3) is 11.8 Å². The SMILES string of the molecule is O=C1NN(c2ccc(I)cc2)C(=O)C1=Cc1ccc2c(c1)OCO2. The van der Waals surface area contributed by atoms with Crippen molar-refractivity contribution in [2.24, 2.45) is 0 Å². The molecule has 4 rings (SSSR count). The van der Waals surface area contributed by atoms with Crippen molar-refractivity contribution >= 4 is 46.2 Å². The van der Waals surface area contributed by atoms with Gasteiger partial charge in [0.05, 0.1) is 5.69 Å². The lowest BCUT2D eigenvalue weighted by Gasteiger charge is -2.14. The maximum Gasteiger partial charge on any atom is 0.282 e. The number of rotatable bonds is 2. The molecule has 2 amide bonds. The Bertz CT molecular complexity index is 877. The fourth-order valence-corrected chi connectivity index (χ4v) is 2.86. The molecular formula is C17H11IN2O4. The molecule has 2 heterocycles. The predicted molar refractivity (Wildman–Crippen MR) is 95.3 cm³/mol. The average molecular weight is 434 g/mol. The quantitative estimate of drug-likeness (QED) is 0.448. The van der Waals surface area contributed by atoms with Crippen LogP contribution in [-0.4, -0.2) is 18.6 Å². The van der Waals surface area contributed by atoms with E-state index >= 15 is 0 Å². The van der Waals surface area contributed by atoms with Crippen molar-refractivity contribution in [3.05, 3.63) is 57.2 Å². The molecule has 1 saturated heterocycles. The van der Waals surface area contributed by atoms with E-state index in [1.807, 2.05) is 12.1 Å². The molecule has 0 atom stereocenters. The number of nitrogens with one attached hydrogen (secondary N) is 1. The number of benzene rings is 2. The first kappa shape index (κ1) is 15.0. The lowest BCUT2D eigenvalue weighted by Crippen LogP contribution is -2.35. The van der Waals surface area contributed by atoms with Crippen LogP contribution in [0.25, 0.3) is 6.08 Å². The molecule has 1 N–H and O–H groups in total. The Hall–Kier alpha value is -2.55. The molecule has 2 aliphatic rings. The van der Waals surface area contributed by atoms with Gasteiger partial charge in [-0.2, -0.15) is 0 Å². The molecule has 0 saturated carbocycles. The van der Waals surface area contributed by atoms with Crippen LogP contribution < -0.4 is 19.9 Å². The number of hydrazine groups is 1. The number of nitrogens with zero attached hydrogens (tertiary/aromatic N) is 1. The topological polar surface area (TPSA) is 67.9 Å². The van der Waals surface area contributed by atoms with Gasteiger partial charge in [-0.05, 0) is 70.6 Å². The van der Waals surface area contributed by atoms with Crippen LogP contribution in [0.15, 0.2) is 48.0 Å². The largest absolute Gasteiger partial charge is 0.454 e. The van der Waals surface area contributed by atoms with Crippen LogP contribution in [-0.2, 0) is 9.59 Å². The van der Waals surface area contributed by atoms with E-state index in [4.69, 9.17) is 9.47 Å². The summed E-state index contributed by atoms with van der Waals surface area (Å²) >= 11 is 2.18. The number of carbonyl (C=O) groups is 2. The second kappa shape index (κ2) is 5.82. The summed E-state index contributed by atoms with van der Waals surface area (Å²) in [5.74, 6) is 0.430. The molecule has 7 heteroatoms. The Balaban J connectivity index is 1.65. The molecular weight excluding hydrogens is 423 g/mol. The van der Waals surface area contributed by atoms with Crippen LogP contribution >= 0.6 is 22.6 Å². The molecule has 1 fully saturated rings. The summed E-state index contributed by atoms with van der Waals surface area (Å²) < 4.78 is 11.6. The molecule has 0 spiro atoms. The standard InChI is InChI=1S/C17H11IN2O4/c18-11-2-4-12(5-3-11)20-17(22)13(16(21)19-20)7-10-1-6-14-15(8-10)24-9-23-14/h1-8H,9H2,(H,19,21). The number of anilines is 1. The first-order chi connectivity index (χ1) is 11.6. The van der Waals surface area contributed by atoms with E-state index < -0.39 is 5.91 Å². The number of amides is 2. The van der Waals surface area contributed by atoms with E-state index in [1.165, 1.54) is 5.01 Å². The zero-order valence-corrected chi connectivity index (χ0v) is 14.4. The number of halogens is 1. The highest BCUT2D eigenvalue weighted by Crippen LogP contribution is 2.33.